The van der Waals surface area contributed by atoms with Crippen molar-refractivity contribution in [3.63, 3.8) is 0 Å². The fourth-order valence-electron chi connectivity index (χ4n) is 5.97. The first-order valence-electron chi connectivity index (χ1n) is 14.2. The quantitative estimate of drug-likeness (QED) is 0.174. The standard InChI is InChI=1S/C31H34N2O9S3/c1-27(2)35-16-14(17-21(24(43)20(16)39-27)40-28(3,4)36-17)31(34,13-11-32-26(45-10)33-12-13)15-18-22(41-29(5,6)37-18)25(44-9)23-19(15)38-30(7,8)42-23/h11-12,34,43H,1-10H3. The summed E-state index contributed by atoms with van der Waals surface area (Å²) < 4.78 is 51.2. The monoisotopic (exact) mass is 674 g/mol. The largest absolute Gasteiger partial charge is 0.448 e. The molecule has 14 heteroatoms. The molecule has 45 heavy (non-hydrogen) atoms. The highest BCUT2D eigenvalue weighted by Crippen LogP contribution is 2.68. The molecule has 0 amide bonds. The number of benzene rings is 2. The smallest absolute Gasteiger partial charge is 0.246 e. The first-order chi connectivity index (χ1) is 20.9. The normalized spacial score (nSPS) is 21.2. The van der Waals surface area contributed by atoms with Gasteiger partial charge in [-0.25, -0.2) is 9.97 Å². The molecule has 4 aliphatic heterocycles. The summed E-state index contributed by atoms with van der Waals surface area (Å²) in [6.45, 7) is 14.2. The van der Waals surface area contributed by atoms with Gasteiger partial charge in [-0.1, -0.05) is 11.8 Å². The Morgan fingerprint density at radius 1 is 0.578 bits per heavy atom. The third-order valence-electron chi connectivity index (χ3n) is 7.51. The van der Waals surface area contributed by atoms with E-state index in [1.165, 1.54) is 23.5 Å². The molecule has 3 aromatic rings. The highest BCUT2D eigenvalue weighted by atomic mass is 32.2. The second-order valence-electron chi connectivity index (χ2n) is 12.8. The summed E-state index contributed by atoms with van der Waals surface area (Å²) in [6.07, 6.45) is 6.88. The Balaban J connectivity index is 1.66. The number of fused-ring (bicyclic) bond motifs is 4. The summed E-state index contributed by atoms with van der Waals surface area (Å²) in [4.78, 5) is 10.1. The molecule has 2 aromatic carbocycles. The molecule has 5 heterocycles. The number of ether oxygens (including phenoxy) is 8. The molecule has 0 aliphatic carbocycles. The van der Waals surface area contributed by atoms with Gasteiger partial charge in [0.2, 0.25) is 23.1 Å². The molecule has 1 atom stereocenters. The molecule has 4 aliphatic rings. The van der Waals surface area contributed by atoms with Crippen LogP contribution >= 0.6 is 36.2 Å². The lowest BCUT2D eigenvalue weighted by Gasteiger charge is -2.33. The molecule has 0 bridgehead atoms. The Bertz CT molecular complexity index is 1690. The van der Waals surface area contributed by atoms with Crippen LogP contribution in [0.4, 0.5) is 0 Å². The lowest BCUT2D eigenvalue weighted by atomic mass is 9.78. The lowest BCUT2D eigenvalue weighted by Crippen LogP contribution is -2.35. The topological polar surface area (TPSA) is 120 Å². The minimum atomic E-state index is -2.18. The van der Waals surface area contributed by atoms with Crippen molar-refractivity contribution in [2.75, 3.05) is 12.5 Å². The maximum Gasteiger partial charge on any atom is 0.246 e. The number of nitrogens with zero attached hydrogens (tertiary/aromatic N) is 2. The fraction of sp³-hybridized carbons (Fsp3) is 0.484. The van der Waals surface area contributed by atoms with E-state index < -0.39 is 28.7 Å². The van der Waals surface area contributed by atoms with Crippen LogP contribution in [0.5, 0.6) is 46.0 Å². The molecule has 240 valence electrons. The molecule has 0 radical (unpaired) electrons. The highest BCUT2D eigenvalue weighted by molar-refractivity contribution is 7.99. The molecule has 1 aromatic heterocycles. The minimum absolute atomic E-state index is 0.171. The third kappa shape index (κ3) is 4.54. The van der Waals surface area contributed by atoms with Gasteiger partial charge in [0.05, 0.1) is 20.9 Å². The summed E-state index contributed by atoms with van der Waals surface area (Å²) in [5.41, 5.74) is -1.55. The number of hydrogen-bond acceptors (Lipinski definition) is 14. The molecule has 1 unspecified atom stereocenters. The zero-order valence-corrected chi connectivity index (χ0v) is 29.1. The Hall–Kier alpha value is -3.07. The Labute approximate surface area is 275 Å². The van der Waals surface area contributed by atoms with Crippen molar-refractivity contribution in [2.24, 2.45) is 0 Å². The second kappa shape index (κ2) is 9.49. The van der Waals surface area contributed by atoms with Gasteiger partial charge in [-0.2, -0.15) is 0 Å². The molecular formula is C31H34N2O9S3. The SMILES string of the molecule is CSc1ncc(C(O)(c2c3c(c(S)c4c2OC(C)(C)O4)OC(C)(C)O3)c2c3c(c(SC)c4c2OC(C)(C)O4)OC(C)(C)O3)cn1. The number of hydrogen-bond donors (Lipinski definition) is 2. The van der Waals surface area contributed by atoms with E-state index in [1.54, 1.807) is 67.8 Å². The van der Waals surface area contributed by atoms with Crippen molar-refractivity contribution < 1.29 is 43.0 Å². The fourth-order valence-corrected chi connectivity index (χ4v) is 7.22. The molecule has 11 nitrogen and oxygen atoms in total. The van der Waals surface area contributed by atoms with Gasteiger partial charge in [0.1, 0.15) is 0 Å². The van der Waals surface area contributed by atoms with E-state index in [0.717, 1.165) is 0 Å². The van der Waals surface area contributed by atoms with Crippen molar-refractivity contribution in [1.82, 2.24) is 9.97 Å². The number of thiol groups is 1. The van der Waals surface area contributed by atoms with Gasteiger partial charge in [0.15, 0.2) is 56.8 Å². The minimum Gasteiger partial charge on any atom is -0.448 e. The van der Waals surface area contributed by atoms with Gasteiger partial charge >= 0.3 is 0 Å². The van der Waals surface area contributed by atoms with E-state index in [0.29, 0.717) is 26.4 Å². The van der Waals surface area contributed by atoms with Crippen LogP contribution in [0.1, 0.15) is 72.1 Å². The summed E-state index contributed by atoms with van der Waals surface area (Å²) >= 11 is 7.57. The van der Waals surface area contributed by atoms with Gasteiger partial charge in [0, 0.05) is 73.3 Å². The van der Waals surface area contributed by atoms with E-state index >= 15 is 0 Å². The van der Waals surface area contributed by atoms with Crippen LogP contribution in [-0.2, 0) is 5.60 Å². The second-order valence-corrected chi connectivity index (χ2v) is 14.9. The first kappa shape index (κ1) is 30.6. The highest BCUT2D eigenvalue weighted by Gasteiger charge is 2.57. The molecule has 0 saturated carbocycles. The predicted octanol–water partition coefficient (Wildman–Crippen LogP) is 6.52. The third-order valence-corrected chi connectivity index (χ3v) is 9.28. The van der Waals surface area contributed by atoms with Gasteiger partial charge < -0.3 is 43.0 Å². The number of aromatic nitrogens is 2. The van der Waals surface area contributed by atoms with E-state index in [4.69, 9.17) is 50.5 Å². The first-order valence-corrected chi connectivity index (χ1v) is 17.1. The van der Waals surface area contributed by atoms with Gasteiger partial charge in [0.25, 0.3) is 0 Å². The van der Waals surface area contributed by atoms with Crippen molar-refractivity contribution in [1.29, 1.82) is 0 Å². The van der Waals surface area contributed by atoms with Crippen LogP contribution in [0.3, 0.4) is 0 Å². The molecule has 0 fully saturated rings. The van der Waals surface area contributed by atoms with Gasteiger partial charge in [-0.3, -0.25) is 0 Å². The predicted molar refractivity (Wildman–Crippen MR) is 169 cm³/mol. The van der Waals surface area contributed by atoms with Crippen LogP contribution in [0.15, 0.2) is 27.3 Å². The van der Waals surface area contributed by atoms with Crippen molar-refractivity contribution in [3.8, 4) is 46.0 Å². The van der Waals surface area contributed by atoms with E-state index in [-0.39, 0.29) is 51.2 Å². The average Bonchev–Trinajstić information content (AvgIpc) is 3.64. The maximum atomic E-state index is 13.7. The van der Waals surface area contributed by atoms with E-state index in [2.05, 4.69) is 9.97 Å². The number of rotatable bonds is 5. The average molecular weight is 675 g/mol. The maximum absolute atomic E-state index is 13.7. The molecule has 7 rings (SSSR count). The van der Waals surface area contributed by atoms with Gasteiger partial charge in [-0.05, 0) is 12.5 Å². The van der Waals surface area contributed by atoms with Crippen molar-refractivity contribution >= 4 is 36.2 Å². The molecular weight excluding hydrogens is 641 g/mol. The van der Waals surface area contributed by atoms with Crippen molar-refractivity contribution in [3.05, 3.63) is 29.1 Å². The summed E-state index contributed by atoms with van der Waals surface area (Å²) in [6, 6.07) is 0. The van der Waals surface area contributed by atoms with Crippen LogP contribution < -0.4 is 37.9 Å². The van der Waals surface area contributed by atoms with E-state index in [1.807, 2.05) is 12.5 Å². The molecule has 0 spiro atoms. The Morgan fingerprint density at radius 3 is 1.27 bits per heavy atom. The van der Waals surface area contributed by atoms with Gasteiger partial charge in [-0.15, -0.1) is 24.4 Å². The lowest BCUT2D eigenvalue weighted by molar-refractivity contribution is -0.0542. The van der Waals surface area contributed by atoms with Crippen LogP contribution in [0.25, 0.3) is 0 Å². The molecule has 1 N–H and O–H groups in total. The zero-order valence-electron chi connectivity index (χ0n) is 26.5. The summed E-state index contributed by atoms with van der Waals surface area (Å²) in [7, 11) is 0. The number of aliphatic hydroxyl groups is 1. The van der Waals surface area contributed by atoms with Crippen LogP contribution in [0, 0.1) is 0 Å². The number of thioether (sulfide) groups is 2. The summed E-state index contributed by atoms with van der Waals surface area (Å²) in [5, 5.41) is 14.2. The van der Waals surface area contributed by atoms with E-state index in [9.17, 15) is 5.11 Å². The van der Waals surface area contributed by atoms with Crippen molar-refractivity contribution in [2.45, 2.75) is 99.1 Å². The molecule has 0 saturated heterocycles. The summed E-state index contributed by atoms with van der Waals surface area (Å²) in [5.74, 6) is -2.13. The zero-order chi connectivity index (χ0) is 32.5. The van der Waals surface area contributed by atoms with Crippen LogP contribution in [-0.4, -0.2) is 50.7 Å². The van der Waals surface area contributed by atoms with Crippen LogP contribution in [0.2, 0.25) is 0 Å². The Morgan fingerprint density at radius 2 is 0.911 bits per heavy atom. The Kier molecular flexibility index (Phi) is 6.45.